The molecule has 2 rings (SSSR count). The first-order valence-electron chi connectivity index (χ1n) is 9.64. The molecule has 32 heavy (non-hydrogen) atoms. The van der Waals surface area contributed by atoms with Crippen LogP contribution in [0.3, 0.4) is 0 Å². The second-order valence-corrected chi connectivity index (χ2v) is 9.06. The molecule has 0 saturated carbocycles. The van der Waals surface area contributed by atoms with E-state index in [-0.39, 0.29) is 41.7 Å². The SMILES string of the molecule is CC(C)(C)OC(=O)N(CCCO)c1c(N)cc(F)cc1NC(=S)Nc1ccc(Cl)cc1Cl. The van der Waals surface area contributed by atoms with E-state index < -0.39 is 17.5 Å². The van der Waals surface area contributed by atoms with Crippen LogP contribution in [-0.2, 0) is 4.74 Å². The highest BCUT2D eigenvalue weighted by Gasteiger charge is 2.27. The molecule has 11 heteroatoms. The lowest BCUT2D eigenvalue weighted by Crippen LogP contribution is -2.39. The van der Waals surface area contributed by atoms with E-state index in [0.717, 1.165) is 12.1 Å². The van der Waals surface area contributed by atoms with Crippen molar-refractivity contribution < 1.29 is 19.0 Å². The molecule has 1 amide bonds. The zero-order valence-electron chi connectivity index (χ0n) is 17.8. The highest BCUT2D eigenvalue weighted by molar-refractivity contribution is 7.80. The molecule has 0 aliphatic rings. The van der Waals surface area contributed by atoms with Crippen LogP contribution in [-0.4, -0.2) is 35.1 Å². The van der Waals surface area contributed by atoms with Gasteiger partial charge < -0.3 is 26.2 Å². The van der Waals surface area contributed by atoms with Crippen LogP contribution in [0.4, 0.5) is 31.9 Å². The fourth-order valence-electron chi connectivity index (χ4n) is 2.72. The van der Waals surface area contributed by atoms with Crippen LogP contribution in [0.1, 0.15) is 27.2 Å². The summed E-state index contributed by atoms with van der Waals surface area (Å²) in [6.07, 6.45) is -0.453. The lowest BCUT2D eigenvalue weighted by atomic mass is 10.2. The number of carbonyl (C=O) groups excluding carboxylic acids is 1. The summed E-state index contributed by atoms with van der Waals surface area (Å²) in [6.45, 7) is 5.07. The van der Waals surface area contributed by atoms with Crippen LogP contribution in [0.5, 0.6) is 0 Å². The number of hydrogen-bond acceptors (Lipinski definition) is 5. The van der Waals surface area contributed by atoms with Gasteiger partial charge in [0.1, 0.15) is 11.4 Å². The number of amides is 1. The first kappa shape index (κ1) is 25.9. The van der Waals surface area contributed by atoms with Crippen LogP contribution in [0.25, 0.3) is 0 Å². The number of ether oxygens (including phenoxy) is 1. The minimum absolute atomic E-state index is 0.0105. The van der Waals surface area contributed by atoms with Gasteiger partial charge in [-0.2, -0.15) is 0 Å². The standard InChI is InChI=1S/C21H25Cl2FN4O3S/c1-21(2,3)31-20(30)28(7-4-8-29)18-15(25)10-13(24)11-17(18)27-19(32)26-16-6-5-12(22)9-14(16)23/h5-6,9-11,29H,4,7-8,25H2,1-3H3,(H2,26,27,32). The summed E-state index contributed by atoms with van der Waals surface area (Å²) in [5, 5.41) is 15.9. The largest absolute Gasteiger partial charge is 0.443 e. The van der Waals surface area contributed by atoms with Crippen molar-refractivity contribution in [3.8, 4) is 0 Å². The number of aliphatic hydroxyl groups is 1. The van der Waals surface area contributed by atoms with Crippen LogP contribution in [0.15, 0.2) is 30.3 Å². The van der Waals surface area contributed by atoms with Crippen molar-refractivity contribution in [1.29, 1.82) is 0 Å². The Morgan fingerprint density at radius 3 is 2.47 bits per heavy atom. The average Bonchev–Trinajstić information content (AvgIpc) is 2.64. The van der Waals surface area contributed by atoms with E-state index in [1.807, 2.05) is 0 Å². The predicted molar refractivity (Wildman–Crippen MR) is 132 cm³/mol. The Bertz CT molecular complexity index is 1000. The summed E-state index contributed by atoms with van der Waals surface area (Å²) in [5.41, 5.74) is 6.06. The summed E-state index contributed by atoms with van der Waals surface area (Å²) >= 11 is 17.4. The van der Waals surface area contributed by atoms with Gasteiger partial charge in [0.25, 0.3) is 0 Å². The third kappa shape index (κ3) is 7.37. The first-order valence-corrected chi connectivity index (χ1v) is 10.8. The monoisotopic (exact) mass is 502 g/mol. The van der Waals surface area contributed by atoms with Gasteiger partial charge in [0, 0.05) is 18.2 Å². The zero-order chi connectivity index (χ0) is 24.1. The number of nitrogen functional groups attached to an aromatic ring is 1. The van der Waals surface area contributed by atoms with Gasteiger partial charge in [0.05, 0.1) is 27.8 Å². The zero-order valence-corrected chi connectivity index (χ0v) is 20.2. The minimum Gasteiger partial charge on any atom is -0.443 e. The van der Waals surface area contributed by atoms with Crippen molar-refractivity contribution in [3.05, 3.63) is 46.2 Å². The molecule has 174 valence electrons. The molecule has 7 nitrogen and oxygen atoms in total. The van der Waals surface area contributed by atoms with Crippen LogP contribution < -0.4 is 21.3 Å². The van der Waals surface area contributed by atoms with Crippen molar-refractivity contribution in [1.82, 2.24) is 0 Å². The van der Waals surface area contributed by atoms with Crippen molar-refractivity contribution in [2.75, 3.05) is 34.4 Å². The van der Waals surface area contributed by atoms with Gasteiger partial charge in [-0.05, 0) is 69.7 Å². The van der Waals surface area contributed by atoms with E-state index in [4.69, 9.17) is 45.9 Å². The molecular formula is C21H25Cl2FN4O3S. The van der Waals surface area contributed by atoms with Gasteiger partial charge in [0.2, 0.25) is 0 Å². The van der Waals surface area contributed by atoms with E-state index >= 15 is 0 Å². The number of benzene rings is 2. The minimum atomic E-state index is -0.779. The highest BCUT2D eigenvalue weighted by atomic mass is 35.5. The third-order valence-electron chi connectivity index (χ3n) is 3.96. The summed E-state index contributed by atoms with van der Waals surface area (Å²) < 4.78 is 19.7. The van der Waals surface area contributed by atoms with E-state index in [1.54, 1.807) is 39.0 Å². The summed E-state index contributed by atoms with van der Waals surface area (Å²) in [4.78, 5) is 14.1. The molecule has 0 radical (unpaired) electrons. The van der Waals surface area contributed by atoms with E-state index in [0.29, 0.717) is 15.7 Å². The fourth-order valence-corrected chi connectivity index (χ4v) is 3.40. The molecule has 0 spiro atoms. The number of nitrogens with zero attached hydrogens (tertiary/aromatic N) is 1. The Labute approximate surface area is 201 Å². The number of hydrogen-bond donors (Lipinski definition) is 4. The molecule has 2 aromatic carbocycles. The summed E-state index contributed by atoms with van der Waals surface area (Å²) in [6, 6.07) is 7.04. The number of carbonyl (C=O) groups is 1. The first-order chi connectivity index (χ1) is 14.9. The predicted octanol–water partition coefficient (Wildman–Crippen LogP) is 5.65. The number of aliphatic hydroxyl groups excluding tert-OH is 1. The molecular weight excluding hydrogens is 478 g/mol. The van der Waals surface area contributed by atoms with Crippen LogP contribution in [0.2, 0.25) is 10.0 Å². The Morgan fingerprint density at radius 1 is 1.22 bits per heavy atom. The van der Waals surface area contributed by atoms with Gasteiger partial charge in [-0.25, -0.2) is 9.18 Å². The Kier molecular flexibility index (Phi) is 8.91. The smallest absolute Gasteiger partial charge is 0.414 e. The second kappa shape index (κ2) is 11.0. The maximum absolute atomic E-state index is 14.2. The lowest BCUT2D eigenvalue weighted by molar-refractivity contribution is 0.0579. The lowest BCUT2D eigenvalue weighted by Gasteiger charge is -2.30. The second-order valence-electron chi connectivity index (χ2n) is 7.80. The van der Waals surface area contributed by atoms with E-state index in [2.05, 4.69) is 10.6 Å². The topological polar surface area (TPSA) is 99.8 Å². The van der Waals surface area contributed by atoms with Crippen molar-refractivity contribution >= 4 is 69.4 Å². The molecule has 0 aliphatic carbocycles. The maximum Gasteiger partial charge on any atom is 0.414 e. The van der Waals surface area contributed by atoms with Crippen LogP contribution >= 0.6 is 35.4 Å². The molecule has 0 aromatic heterocycles. The average molecular weight is 503 g/mol. The van der Waals surface area contributed by atoms with Gasteiger partial charge in [-0.15, -0.1) is 0 Å². The third-order valence-corrected chi connectivity index (χ3v) is 4.71. The molecule has 5 N–H and O–H groups in total. The molecule has 0 saturated heterocycles. The number of rotatable bonds is 6. The normalized spacial score (nSPS) is 11.1. The number of anilines is 4. The molecule has 0 aliphatic heterocycles. The number of halogens is 3. The summed E-state index contributed by atoms with van der Waals surface area (Å²) in [7, 11) is 0. The van der Waals surface area contributed by atoms with Gasteiger partial charge in [-0.3, -0.25) is 4.90 Å². The number of nitrogens with one attached hydrogen (secondary N) is 2. The molecule has 0 heterocycles. The highest BCUT2D eigenvalue weighted by Crippen LogP contribution is 2.35. The molecule has 2 aromatic rings. The van der Waals surface area contributed by atoms with Gasteiger partial charge >= 0.3 is 6.09 Å². The Morgan fingerprint density at radius 2 is 1.88 bits per heavy atom. The van der Waals surface area contributed by atoms with Crippen LogP contribution in [0, 0.1) is 5.82 Å². The van der Waals surface area contributed by atoms with Crippen molar-refractivity contribution in [3.63, 3.8) is 0 Å². The van der Waals surface area contributed by atoms with Crippen molar-refractivity contribution in [2.45, 2.75) is 32.8 Å². The Hall–Kier alpha value is -2.33. The molecule has 0 atom stereocenters. The number of nitrogens with two attached hydrogens (primary N) is 1. The Balaban J connectivity index is 2.39. The van der Waals surface area contributed by atoms with E-state index in [1.165, 1.54) is 4.90 Å². The quantitative estimate of drug-likeness (QED) is 0.299. The van der Waals surface area contributed by atoms with Gasteiger partial charge in [-0.1, -0.05) is 23.2 Å². The maximum atomic E-state index is 14.2. The number of thiocarbonyl (C=S) groups is 1. The molecule has 0 bridgehead atoms. The van der Waals surface area contributed by atoms with Crippen molar-refractivity contribution in [2.24, 2.45) is 0 Å². The van der Waals surface area contributed by atoms with Gasteiger partial charge in [0.15, 0.2) is 5.11 Å². The molecule has 0 fully saturated rings. The molecule has 0 unspecified atom stereocenters. The summed E-state index contributed by atoms with van der Waals surface area (Å²) in [5.74, 6) is -0.632. The van der Waals surface area contributed by atoms with E-state index in [9.17, 15) is 14.3 Å². The fraction of sp³-hybridized carbons (Fsp3) is 0.333.